The molecule has 0 spiro atoms. The van der Waals surface area contributed by atoms with E-state index in [2.05, 4.69) is 21.3 Å². The van der Waals surface area contributed by atoms with Crippen molar-refractivity contribution in [3.63, 3.8) is 0 Å². The maximum absolute atomic E-state index is 13.1. The van der Waals surface area contributed by atoms with Crippen LogP contribution in [0.1, 0.15) is 72.6 Å². The van der Waals surface area contributed by atoms with Crippen LogP contribution >= 0.6 is 0 Å². The van der Waals surface area contributed by atoms with E-state index in [0.29, 0.717) is 5.92 Å². The number of rotatable bonds is 6. The van der Waals surface area contributed by atoms with Gasteiger partial charge in [-0.05, 0) is 81.3 Å². The minimum absolute atomic E-state index is 0.00777. The molecular weight excluding hydrogens is 370 g/mol. The van der Waals surface area contributed by atoms with Crippen LogP contribution in [0.2, 0.25) is 0 Å². The zero-order valence-corrected chi connectivity index (χ0v) is 18.2. The van der Waals surface area contributed by atoms with Crippen molar-refractivity contribution < 1.29 is 4.79 Å². The summed E-state index contributed by atoms with van der Waals surface area (Å²) in [5.74, 6) is 1.33. The van der Waals surface area contributed by atoms with Gasteiger partial charge in [0.1, 0.15) is 0 Å². The second-order valence-corrected chi connectivity index (χ2v) is 9.16. The Labute approximate surface area is 181 Å². The van der Waals surface area contributed by atoms with Crippen molar-refractivity contribution in [3.05, 3.63) is 65.5 Å². The number of hydrogen-bond acceptors (Lipinski definition) is 3. The smallest absolute Gasteiger partial charge is 0.252 e. The number of carbonyl (C=O) groups is 1. The van der Waals surface area contributed by atoms with Gasteiger partial charge >= 0.3 is 0 Å². The summed E-state index contributed by atoms with van der Waals surface area (Å²) >= 11 is 0. The average molecular weight is 406 g/mol. The zero-order valence-electron chi connectivity index (χ0n) is 18.2. The van der Waals surface area contributed by atoms with Gasteiger partial charge in [-0.1, -0.05) is 43.5 Å². The van der Waals surface area contributed by atoms with E-state index in [0.717, 1.165) is 48.7 Å². The van der Waals surface area contributed by atoms with E-state index in [9.17, 15) is 4.79 Å². The number of nitrogens with zero attached hydrogens (tertiary/aromatic N) is 2. The topological polar surface area (TPSA) is 45.2 Å². The quantitative estimate of drug-likeness (QED) is 0.722. The van der Waals surface area contributed by atoms with Crippen LogP contribution in [-0.2, 0) is 0 Å². The number of likely N-dealkylation sites (tertiary alicyclic amines) is 1. The molecule has 1 aromatic heterocycles. The Balaban J connectivity index is 1.42. The average Bonchev–Trinajstić information content (AvgIpc) is 2.79. The first-order valence-corrected chi connectivity index (χ1v) is 11.7. The van der Waals surface area contributed by atoms with E-state index in [-0.39, 0.29) is 11.9 Å². The summed E-state index contributed by atoms with van der Waals surface area (Å²) in [6.07, 6.45) is 11.1. The third kappa shape index (κ3) is 5.28. The fourth-order valence-electron chi connectivity index (χ4n) is 5.24. The van der Waals surface area contributed by atoms with E-state index in [4.69, 9.17) is 0 Å². The summed E-state index contributed by atoms with van der Waals surface area (Å²) in [7, 11) is 0. The first kappa shape index (κ1) is 21.0. The minimum atomic E-state index is -0.0323. The molecule has 2 fully saturated rings. The van der Waals surface area contributed by atoms with Crippen molar-refractivity contribution in [1.82, 2.24) is 15.2 Å². The molecule has 2 aliphatic rings. The third-order valence-corrected chi connectivity index (χ3v) is 7.03. The Morgan fingerprint density at radius 3 is 2.47 bits per heavy atom. The Bertz CT molecular complexity index is 808. The van der Waals surface area contributed by atoms with Crippen LogP contribution in [0.25, 0.3) is 0 Å². The van der Waals surface area contributed by atoms with Gasteiger partial charge in [-0.3, -0.25) is 9.78 Å². The van der Waals surface area contributed by atoms with Crippen LogP contribution in [0.15, 0.2) is 48.7 Å². The van der Waals surface area contributed by atoms with E-state index in [1.807, 2.05) is 49.5 Å². The fourth-order valence-corrected chi connectivity index (χ4v) is 5.24. The molecule has 2 aromatic rings. The second-order valence-electron chi connectivity index (χ2n) is 9.16. The van der Waals surface area contributed by atoms with Crippen LogP contribution < -0.4 is 5.32 Å². The van der Waals surface area contributed by atoms with E-state index in [1.54, 1.807) is 0 Å². The molecule has 0 radical (unpaired) electrons. The van der Waals surface area contributed by atoms with Gasteiger partial charge in [-0.25, -0.2) is 0 Å². The Hall–Kier alpha value is -2.20. The van der Waals surface area contributed by atoms with Crippen molar-refractivity contribution in [3.8, 4) is 0 Å². The number of amides is 1. The van der Waals surface area contributed by atoms with Crippen LogP contribution in [0.5, 0.6) is 0 Å². The van der Waals surface area contributed by atoms with Crippen LogP contribution in [0, 0.1) is 18.8 Å². The molecule has 1 unspecified atom stereocenters. The number of nitrogens with one attached hydrogen (secondary N) is 1. The summed E-state index contributed by atoms with van der Waals surface area (Å²) < 4.78 is 0. The minimum Gasteiger partial charge on any atom is -0.343 e. The monoisotopic (exact) mass is 405 g/mol. The fraction of sp³-hybridized carbons (Fsp3) is 0.538. The standard InChI is InChI=1S/C26H35N3O/c1-20-9-5-6-12-23(20)26(30)28-25(24-13-7-8-16-27-24)22-14-17-29(18-15-22)19-21-10-3-2-4-11-21/h5-9,12-13,16,21-22,25H,2-4,10-11,14-15,17-19H2,1H3,(H,28,30). The molecule has 0 bridgehead atoms. The molecule has 1 atom stereocenters. The highest BCUT2D eigenvalue weighted by atomic mass is 16.1. The molecule has 1 aromatic carbocycles. The Morgan fingerprint density at radius 1 is 1.03 bits per heavy atom. The van der Waals surface area contributed by atoms with Gasteiger partial charge in [0.25, 0.3) is 5.91 Å². The van der Waals surface area contributed by atoms with Gasteiger partial charge in [0.15, 0.2) is 0 Å². The van der Waals surface area contributed by atoms with Crippen molar-refractivity contribution >= 4 is 5.91 Å². The van der Waals surface area contributed by atoms with Crippen LogP contribution in [0.3, 0.4) is 0 Å². The molecule has 1 saturated carbocycles. The first-order valence-electron chi connectivity index (χ1n) is 11.7. The lowest BCUT2D eigenvalue weighted by molar-refractivity contribution is 0.0877. The zero-order chi connectivity index (χ0) is 20.8. The molecular formula is C26H35N3O. The molecule has 4 heteroatoms. The summed E-state index contributed by atoms with van der Waals surface area (Å²) in [6, 6.07) is 13.8. The largest absolute Gasteiger partial charge is 0.343 e. The van der Waals surface area contributed by atoms with Gasteiger partial charge in [0, 0.05) is 18.3 Å². The van der Waals surface area contributed by atoms with Crippen molar-refractivity contribution in [2.75, 3.05) is 19.6 Å². The summed E-state index contributed by atoms with van der Waals surface area (Å²) in [6.45, 7) is 5.51. The SMILES string of the molecule is Cc1ccccc1C(=O)NC(c1ccccn1)C1CCN(CC2CCCCC2)CC1. The summed E-state index contributed by atoms with van der Waals surface area (Å²) in [5, 5.41) is 3.34. The number of carbonyl (C=O) groups excluding carboxylic acids is 1. The highest BCUT2D eigenvalue weighted by Crippen LogP contribution is 2.32. The van der Waals surface area contributed by atoms with E-state index in [1.165, 1.54) is 38.6 Å². The van der Waals surface area contributed by atoms with Crippen molar-refractivity contribution in [1.29, 1.82) is 0 Å². The molecule has 160 valence electrons. The van der Waals surface area contributed by atoms with Crippen molar-refractivity contribution in [2.24, 2.45) is 11.8 Å². The van der Waals surface area contributed by atoms with Gasteiger partial charge in [0.2, 0.25) is 0 Å². The molecule has 1 N–H and O–H groups in total. The van der Waals surface area contributed by atoms with Crippen molar-refractivity contribution in [2.45, 2.75) is 57.9 Å². The lowest BCUT2D eigenvalue weighted by Gasteiger charge is -2.38. The molecule has 1 saturated heterocycles. The number of aryl methyl sites for hydroxylation is 1. The van der Waals surface area contributed by atoms with Gasteiger partial charge in [-0.2, -0.15) is 0 Å². The molecule has 30 heavy (non-hydrogen) atoms. The van der Waals surface area contributed by atoms with Gasteiger partial charge < -0.3 is 10.2 Å². The summed E-state index contributed by atoms with van der Waals surface area (Å²) in [4.78, 5) is 20.3. The predicted octanol–water partition coefficient (Wildman–Crippen LogP) is 5.15. The number of aromatic nitrogens is 1. The molecule has 4 rings (SSSR count). The van der Waals surface area contributed by atoms with E-state index >= 15 is 0 Å². The number of piperidine rings is 1. The van der Waals surface area contributed by atoms with E-state index < -0.39 is 0 Å². The predicted molar refractivity (Wildman–Crippen MR) is 121 cm³/mol. The number of hydrogen-bond donors (Lipinski definition) is 1. The molecule has 1 amide bonds. The Kier molecular flexibility index (Phi) is 7.16. The molecule has 4 nitrogen and oxygen atoms in total. The lowest BCUT2D eigenvalue weighted by atomic mass is 9.85. The highest BCUT2D eigenvalue weighted by molar-refractivity contribution is 5.95. The summed E-state index contributed by atoms with van der Waals surface area (Å²) in [5.41, 5.74) is 2.75. The number of pyridine rings is 1. The molecule has 1 aliphatic carbocycles. The highest BCUT2D eigenvalue weighted by Gasteiger charge is 2.31. The normalized spacial score (nSPS) is 20.0. The molecule has 2 heterocycles. The Morgan fingerprint density at radius 2 is 1.77 bits per heavy atom. The first-order chi connectivity index (χ1) is 14.7. The van der Waals surface area contributed by atoms with Crippen LogP contribution in [-0.4, -0.2) is 35.4 Å². The van der Waals surface area contributed by atoms with Gasteiger partial charge in [0.05, 0.1) is 11.7 Å². The second kappa shape index (κ2) is 10.2. The number of benzene rings is 1. The maximum atomic E-state index is 13.1. The lowest BCUT2D eigenvalue weighted by Crippen LogP contribution is -2.42. The van der Waals surface area contributed by atoms with Gasteiger partial charge in [-0.15, -0.1) is 0 Å². The third-order valence-electron chi connectivity index (χ3n) is 7.03. The maximum Gasteiger partial charge on any atom is 0.252 e. The van der Waals surface area contributed by atoms with Crippen LogP contribution in [0.4, 0.5) is 0 Å². The molecule has 1 aliphatic heterocycles.